The minimum Gasteiger partial charge on any atom is -0.326 e. The molecule has 0 spiro atoms. The van der Waals surface area contributed by atoms with Crippen LogP contribution in [0.3, 0.4) is 0 Å². The molecule has 0 saturated carbocycles. The normalized spacial score (nSPS) is 12.2. The quantitative estimate of drug-likeness (QED) is 0.800. The van der Waals surface area contributed by atoms with Gasteiger partial charge in [0, 0.05) is 18.2 Å². The summed E-state index contributed by atoms with van der Waals surface area (Å²) in [5, 5.41) is 5.99. The van der Waals surface area contributed by atoms with Gasteiger partial charge in [-0.25, -0.2) is 0 Å². The number of carbonyl (C=O) groups is 1. The maximum Gasteiger partial charge on any atom is 0.227 e. The van der Waals surface area contributed by atoms with E-state index in [1.165, 1.54) is 5.56 Å². The Bertz CT molecular complexity index is 332. The van der Waals surface area contributed by atoms with Crippen LogP contribution in [0.4, 0.5) is 5.69 Å². The number of nitrogens with one attached hydrogen (secondary N) is 2. The molecule has 0 aromatic heterocycles. The summed E-state index contributed by atoms with van der Waals surface area (Å²) < 4.78 is 0. The Kier molecular flexibility index (Phi) is 4.99. The topological polar surface area (TPSA) is 41.1 Å². The Labute approximate surface area is 97.2 Å². The van der Waals surface area contributed by atoms with E-state index in [1.807, 2.05) is 45.2 Å². The Hall–Kier alpha value is -1.35. The lowest BCUT2D eigenvalue weighted by molar-refractivity contribution is -0.119. The molecule has 1 aromatic carbocycles. The zero-order chi connectivity index (χ0) is 12.0. The Morgan fingerprint density at radius 3 is 2.44 bits per heavy atom. The number of benzene rings is 1. The lowest BCUT2D eigenvalue weighted by Crippen LogP contribution is -2.19. The van der Waals surface area contributed by atoms with Crippen LogP contribution in [-0.4, -0.2) is 13.0 Å². The van der Waals surface area contributed by atoms with Crippen LogP contribution in [0, 0.1) is 5.92 Å². The second-order valence-electron chi connectivity index (χ2n) is 4.03. The molecule has 0 aliphatic heterocycles. The van der Waals surface area contributed by atoms with Crippen molar-refractivity contribution in [2.45, 2.75) is 26.8 Å². The van der Waals surface area contributed by atoms with Crippen molar-refractivity contribution in [3.63, 3.8) is 0 Å². The predicted octanol–water partition coefficient (Wildman–Crippen LogP) is 2.39. The monoisotopic (exact) mass is 220 g/mol. The summed E-state index contributed by atoms with van der Waals surface area (Å²) in [6.07, 6.45) is 0.865. The number of carbonyl (C=O) groups excluding carboxylic acids is 1. The summed E-state index contributed by atoms with van der Waals surface area (Å²) in [4.78, 5) is 11.6. The zero-order valence-electron chi connectivity index (χ0n) is 10.2. The van der Waals surface area contributed by atoms with Gasteiger partial charge in [-0.3, -0.25) is 4.79 Å². The van der Waals surface area contributed by atoms with Crippen LogP contribution in [-0.2, 0) is 11.3 Å². The fraction of sp³-hybridized carbons (Fsp3) is 0.462. The fourth-order valence-electron chi connectivity index (χ4n) is 1.36. The zero-order valence-corrected chi connectivity index (χ0v) is 10.2. The van der Waals surface area contributed by atoms with E-state index in [2.05, 4.69) is 10.6 Å². The molecular formula is C13H20N2O. The summed E-state index contributed by atoms with van der Waals surface area (Å²) >= 11 is 0. The predicted molar refractivity (Wildman–Crippen MR) is 67.3 cm³/mol. The van der Waals surface area contributed by atoms with E-state index in [0.29, 0.717) is 0 Å². The third-order valence-electron chi connectivity index (χ3n) is 2.66. The van der Waals surface area contributed by atoms with Crippen molar-refractivity contribution in [1.82, 2.24) is 5.32 Å². The van der Waals surface area contributed by atoms with Crippen LogP contribution in [0.15, 0.2) is 24.3 Å². The molecule has 0 fully saturated rings. The molecule has 0 saturated heterocycles. The van der Waals surface area contributed by atoms with Gasteiger partial charge in [0.2, 0.25) is 5.91 Å². The first-order chi connectivity index (χ1) is 7.67. The van der Waals surface area contributed by atoms with Crippen LogP contribution in [0.25, 0.3) is 0 Å². The molecule has 88 valence electrons. The Balaban J connectivity index is 2.58. The van der Waals surface area contributed by atoms with Gasteiger partial charge < -0.3 is 10.6 Å². The van der Waals surface area contributed by atoms with Crippen molar-refractivity contribution in [1.29, 1.82) is 0 Å². The highest BCUT2D eigenvalue weighted by molar-refractivity contribution is 5.92. The van der Waals surface area contributed by atoms with Gasteiger partial charge in [-0.05, 0) is 31.2 Å². The van der Waals surface area contributed by atoms with Gasteiger partial charge >= 0.3 is 0 Å². The Morgan fingerprint density at radius 2 is 1.94 bits per heavy atom. The highest BCUT2D eigenvalue weighted by Crippen LogP contribution is 2.11. The fourth-order valence-corrected chi connectivity index (χ4v) is 1.36. The van der Waals surface area contributed by atoms with E-state index in [-0.39, 0.29) is 11.8 Å². The average Bonchev–Trinajstić information content (AvgIpc) is 2.31. The van der Waals surface area contributed by atoms with Crippen LogP contribution >= 0.6 is 0 Å². The van der Waals surface area contributed by atoms with E-state index < -0.39 is 0 Å². The minimum atomic E-state index is 0.0667. The molecule has 3 nitrogen and oxygen atoms in total. The molecule has 2 N–H and O–H groups in total. The molecular weight excluding hydrogens is 200 g/mol. The SMILES string of the molecule is CCC(C)C(=O)Nc1ccc(CNC)cc1. The van der Waals surface area contributed by atoms with Crippen LogP contribution < -0.4 is 10.6 Å². The number of amides is 1. The molecule has 3 heteroatoms. The molecule has 0 bridgehead atoms. The summed E-state index contributed by atoms with van der Waals surface area (Å²) in [5.74, 6) is 0.154. The molecule has 0 heterocycles. The van der Waals surface area contributed by atoms with Crippen molar-refractivity contribution >= 4 is 11.6 Å². The van der Waals surface area contributed by atoms with E-state index in [0.717, 1.165) is 18.7 Å². The van der Waals surface area contributed by atoms with Crippen molar-refractivity contribution < 1.29 is 4.79 Å². The molecule has 0 aliphatic carbocycles. The van der Waals surface area contributed by atoms with E-state index in [1.54, 1.807) is 0 Å². The maximum atomic E-state index is 11.6. The Morgan fingerprint density at radius 1 is 1.31 bits per heavy atom. The van der Waals surface area contributed by atoms with Gasteiger partial charge in [0.15, 0.2) is 0 Å². The highest BCUT2D eigenvalue weighted by atomic mass is 16.1. The van der Waals surface area contributed by atoms with Gasteiger partial charge in [0.05, 0.1) is 0 Å². The van der Waals surface area contributed by atoms with Crippen molar-refractivity contribution in [3.8, 4) is 0 Å². The van der Waals surface area contributed by atoms with Crippen LogP contribution in [0.1, 0.15) is 25.8 Å². The number of hydrogen-bond donors (Lipinski definition) is 2. The molecule has 16 heavy (non-hydrogen) atoms. The van der Waals surface area contributed by atoms with Crippen molar-refractivity contribution in [2.75, 3.05) is 12.4 Å². The lowest BCUT2D eigenvalue weighted by Gasteiger charge is -2.10. The first kappa shape index (κ1) is 12.7. The number of rotatable bonds is 5. The number of anilines is 1. The maximum absolute atomic E-state index is 11.6. The third-order valence-corrected chi connectivity index (χ3v) is 2.66. The van der Waals surface area contributed by atoms with Crippen LogP contribution in [0.2, 0.25) is 0 Å². The molecule has 1 unspecified atom stereocenters. The summed E-state index contributed by atoms with van der Waals surface area (Å²) in [5.41, 5.74) is 2.08. The number of hydrogen-bond acceptors (Lipinski definition) is 2. The van der Waals surface area contributed by atoms with Gasteiger partial charge in [-0.15, -0.1) is 0 Å². The minimum absolute atomic E-state index is 0.0667. The smallest absolute Gasteiger partial charge is 0.227 e. The first-order valence-corrected chi connectivity index (χ1v) is 5.71. The first-order valence-electron chi connectivity index (χ1n) is 5.71. The van der Waals surface area contributed by atoms with E-state index >= 15 is 0 Å². The summed E-state index contributed by atoms with van der Waals surface area (Å²) in [6.45, 7) is 4.80. The largest absolute Gasteiger partial charge is 0.326 e. The van der Waals surface area contributed by atoms with Crippen LogP contribution in [0.5, 0.6) is 0 Å². The van der Waals surface area contributed by atoms with E-state index in [9.17, 15) is 4.79 Å². The molecule has 0 radical (unpaired) electrons. The van der Waals surface area contributed by atoms with Gasteiger partial charge in [0.1, 0.15) is 0 Å². The van der Waals surface area contributed by atoms with Gasteiger partial charge in [-0.1, -0.05) is 26.0 Å². The summed E-state index contributed by atoms with van der Waals surface area (Å²) in [6, 6.07) is 7.91. The average molecular weight is 220 g/mol. The molecule has 1 amide bonds. The highest BCUT2D eigenvalue weighted by Gasteiger charge is 2.09. The second kappa shape index (κ2) is 6.28. The second-order valence-corrected chi connectivity index (χ2v) is 4.03. The molecule has 1 rings (SSSR count). The summed E-state index contributed by atoms with van der Waals surface area (Å²) in [7, 11) is 1.92. The molecule has 1 aromatic rings. The lowest BCUT2D eigenvalue weighted by atomic mass is 10.1. The molecule has 0 aliphatic rings. The standard InChI is InChI=1S/C13H20N2O/c1-4-10(2)13(16)15-12-7-5-11(6-8-12)9-14-3/h5-8,10,14H,4,9H2,1-3H3,(H,15,16). The third kappa shape index (κ3) is 3.66. The van der Waals surface area contributed by atoms with E-state index in [4.69, 9.17) is 0 Å². The van der Waals surface area contributed by atoms with Crippen molar-refractivity contribution in [2.24, 2.45) is 5.92 Å². The van der Waals surface area contributed by atoms with Crippen molar-refractivity contribution in [3.05, 3.63) is 29.8 Å². The molecule has 1 atom stereocenters. The van der Waals surface area contributed by atoms with Gasteiger partial charge in [-0.2, -0.15) is 0 Å². The van der Waals surface area contributed by atoms with Gasteiger partial charge in [0.25, 0.3) is 0 Å².